The van der Waals surface area contributed by atoms with Crippen LogP contribution in [0.5, 0.6) is 11.5 Å². The summed E-state index contributed by atoms with van der Waals surface area (Å²) in [5.41, 5.74) is 1.11. The van der Waals surface area contributed by atoms with Crippen molar-refractivity contribution in [3.8, 4) is 11.5 Å². The number of aryl methyl sites for hydroxylation is 1. The number of ether oxygens (including phenoxy) is 2. The second-order valence-electron chi connectivity index (χ2n) is 7.91. The topological polar surface area (TPSA) is 140 Å². The molecule has 3 rings (SSSR count). The summed E-state index contributed by atoms with van der Waals surface area (Å²) in [5, 5.41) is 2.61. The third-order valence-electron chi connectivity index (χ3n) is 5.19. The molecule has 198 valence electrons. The number of sulfonamides is 2. The molecule has 0 radical (unpaired) electrons. The molecule has 0 atom stereocenters. The molecule has 0 fully saturated rings. The Balaban J connectivity index is 1.60. The number of hydrogen-bond acceptors (Lipinski definition) is 7. The number of anilines is 2. The first-order valence-corrected chi connectivity index (χ1v) is 14.3. The third kappa shape index (κ3) is 7.68. The Labute approximate surface area is 217 Å². The first kappa shape index (κ1) is 28.0. The summed E-state index contributed by atoms with van der Waals surface area (Å²) in [6.45, 7) is 3.79. The zero-order valence-corrected chi connectivity index (χ0v) is 22.3. The number of benzene rings is 3. The van der Waals surface area contributed by atoms with Gasteiger partial charge in [0.1, 0.15) is 11.5 Å². The number of methoxy groups -OCH3 is 1. The Morgan fingerprint density at radius 2 is 1.46 bits per heavy atom. The second kappa shape index (κ2) is 12.1. The predicted molar refractivity (Wildman–Crippen MR) is 141 cm³/mol. The Bertz CT molecular complexity index is 1440. The highest BCUT2D eigenvalue weighted by molar-refractivity contribution is 7.92. The number of rotatable bonds is 12. The van der Waals surface area contributed by atoms with Gasteiger partial charge >= 0.3 is 0 Å². The molecule has 0 aliphatic heterocycles. The molecule has 0 aromatic heterocycles. The monoisotopic (exact) mass is 547 g/mol. The average molecular weight is 548 g/mol. The van der Waals surface area contributed by atoms with E-state index in [1.165, 1.54) is 25.3 Å². The van der Waals surface area contributed by atoms with Gasteiger partial charge in [-0.15, -0.1) is 0 Å². The fraction of sp³-hybridized carbons (Fsp3) is 0.240. The Morgan fingerprint density at radius 3 is 2.08 bits per heavy atom. The van der Waals surface area contributed by atoms with Crippen molar-refractivity contribution in [1.82, 2.24) is 4.72 Å². The first-order valence-electron chi connectivity index (χ1n) is 11.3. The van der Waals surface area contributed by atoms with Crippen molar-refractivity contribution < 1.29 is 31.1 Å². The Hall–Kier alpha value is -3.61. The van der Waals surface area contributed by atoms with Crippen LogP contribution >= 0.6 is 0 Å². The molecule has 1 amide bonds. The lowest BCUT2D eigenvalue weighted by atomic mass is 10.2. The molecule has 10 nitrogen and oxygen atoms in total. The molecule has 3 N–H and O–H groups in total. The van der Waals surface area contributed by atoms with Gasteiger partial charge in [0.2, 0.25) is 15.9 Å². The van der Waals surface area contributed by atoms with E-state index in [2.05, 4.69) is 14.8 Å². The number of carbonyl (C=O) groups is 1. The van der Waals surface area contributed by atoms with Gasteiger partial charge in [-0.1, -0.05) is 6.07 Å². The smallest absolute Gasteiger partial charge is 0.262 e. The molecule has 37 heavy (non-hydrogen) atoms. The standard InChI is InChI=1S/C25H29N3O7S2/c1-4-35-22-11-13-23(14-12-22)36(30,31)26-16-15-25(29)27-20-6-5-18(2)24(17-20)37(32,33)28-19-7-9-21(34-3)10-8-19/h5-14,17,26,28H,4,15-16H2,1-3H3,(H,27,29). The largest absolute Gasteiger partial charge is 0.497 e. The van der Waals surface area contributed by atoms with Crippen LogP contribution in [0.25, 0.3) is 0 Å². The quantitative estimate of drug-likeness (QED) is 0.315. The summed E-state index contributed by atoms with van der Waals surface area (Å²) < 4.78 is 66.1. The van der Waals surface area contributed by atoms with Crippen LogP contribution < -0.4 is 24.2 Å². The second-order valence-corrected chi connectivity index (χ2v) is 11.3. The summed E-state index contributed by atoms with van der Waals surface area (Å²) >= 11 is 0. The Kier molecular flexibility index (Phi) is 9.14. The molecule has 0 saturated carbocycles. The maximum Gasteiger partial charge on any atom is 0.262 e. The number of hydrogen-bond donors (Lipinski definition) is 3. The zero-order chi connectivity index (χ0) is 27.1. The van der Waals surface area contributed by atoms with Crippen molar-refractivity contribution >= 4 is 37.3 Å². The highest BCUT2D eigenvalue weighted by atomic mass is 32.2. The molecule has 0 aliphatic carbocycles. The summed E-state index contributed by atoms with van der Waals surface area (Å²) in [6.07, 6.45) is -0.156. The van der Waals surface area contributed by atoms with Gasteiger partial charge in [-0.3, -0.25) is 9.52 Å². The van der Waals surface area contributed by atoms with Crippen LogP contribution in [0.3, 0.4) is 0 Å². The van der Waals surface area contributed by atoms with Crippen LogP contribution in [-0.2, 0) is 24.8 Å². The maximum atomic E-state index is 12.9. The highest BCUT2D eigenvalue weighted by Gasteiger charge is 2.19. The lowest BCUT2D eigenvalue weighted by Gasteiger charge is -2.13. The van der Waals surface area contributed by atoms with Gasteiger partial charge in [-0.05, 0) is 80.1 Å². The van der Waals surface area contributed by atoms with Gasteiger partial charge in [-0.25, -0.2) is 21.6 Å². The maximum absolute atomic E-state index is 12.9. The SMILES string of the molecule is CCOc1ccc(S(=O)(=O)NCCC(=O)Nc2ccc(C)c(S(=O)(=O)Nc3ccc(OC)cc3)c2)cc1. The lowest BCUT2D eigenvalue weighted by molar-refractivity contribution is -0.116. The molecular weight excluding hydrogens is 518 g/mol. The van der Waals surface area contributed by atoms with Crippen LogP contribution in [0, 0.1) is 6.92 Å². The van der Waals surface area contributed by atoms with E-state index in [-0.39, 0.29) is 28.4 Å². The van der Waals surface area contributed by atoms with Crippen molar-refractivity contribution in [2.24, 2.45) is 0 Å². The van der Waals surface area contributed by atoms with Crippen LogP contribution in [0.15, 0.2) is 76.5 Å². The molecule has 0 heterocycles. The predicted octanol–water partition coefficient (Wildman–Crippen LogP) is 3.51. The van der Waals surface area contributed by atoms with Gasteiger partial charge < -0.3 is 14.8 Å². The lowest BCUT2D eigenvalue weighted by Crippen LogP contribution is -2.27. The van der Waals surface area contributed by atoms with E-state index in [1.807, 2.05) is 6.92 Å². The third-order valence-corrected chi connectivity index (χ3v) is 8.19. The van der Waals surface area contributed by atoms with Crippen LogP contribution in [0.1, 0.15) is 18.9 Å². The molecule has 3 aromatic rings. The van der Waals surface area contributed by atoms with E-state index in [4.69, 9.17) is 9.47 Å². The molecule has 0 unspecified atom stereocenters. The average Bonchev–Trinajstić information content (AvgIpc) is 2.86. The summed E-state index contributed by atoms with van der Waals surface area (Å²) in [6, 6.07) is 16.9. The van der Waals surface area contributed by atoms with E-state index in [1.54, 1.807) is 55.5 Å². The summed E-state index contributed by atoms with van der Waals surface area (Å²) in [4.78, 5) is 12.5. The molecule has 0 spiro atoms. The van der Waals surface area contributed by atoms with Crippen LogP contribution in [-0.4, -0.2) is 43.0 Å². The number of amides is 1. The van der Waals surface area contributed by atoms with Crippen molar-refractivity contribution in [1.29, 1.82) is 0 Å². The first-order chi connectivity index (χ1) is 17.5. The van der Waals surface area contributed by atoms with E-state index >= 15 is 0 Å². The number of carbonyl (C=O) groups excluding carboxylic acids is 1. The van der Waals surface area contributed by atoms with Gasteiger partial charge in [0.25, 0.3) is 10.0 Å². The molecule has 0 aliphatic rings. The van der Waals surface area contributed by atoms with Gasteiger partial charge in [-0.2, -0.15) is 0 Å². The van der Waals surface area contributed by atoms with Crippen molar-refractivity contribution in [2.45, 2.75) is 30.1 Å². The van der Waals surface area contributed by atoms with Gasteiger partial charge in [0.05, 0.1) is 23.5 Å². The van der Waals surface area contributed by atoms with Crippen LogP contribution in [0.4, 0.5) is 11.4 Å². The van der Waals surface area contributed by atoms with Crippen molar-refractivity contribution in [3.05, 3.63) is 72.3 Å². The van der Waals surface area contributed by atoms with E-state index < -0.39 is 26.0 Å². The normalized spacial score (nSPS) is 11.5. The van der Waals surface area contributed by atoms with Crippen LogP contribution in [0.2, 0.25) is 0 Å². The van der Waals surface area contributed by atoms with Crippen molar-refractivity contribution in [2.75, 3.05) is 30.3 Å². The van der Waals surface area contributed by atoms with E-state index in [0.29, 0.717) is 29.4 Å². The van der Waals surface area contributed by atoms with E-state index in [9.17, 15) is 21.6 Å². The fourth-order valence-corrected chi connectivity index (χ4v) is 5.69. The molecular formula is C25H29N3O7S2. The molecule has 3 aromatic carbocycles. The fourth-order valence-electron chi connectivity index (χ4n) is 3.32. The van der Waals surface area contributed by atoms with E-state index in [0.717, 1.165) is 0 Å². The van der Waals surface area contributed by atoms with Gasteiger partial charge in [0, 0.05) is 24.3 Å². The molecule has 12 heteroatoms. The summed E-state index contributed by atoms with van der Waals surface area (Å²) in [5.74, 6) is 0.662. The minimum absolute atomic E-state index is 0.00248. The number of nitrogens with one attached hydrogen (secondary N) is 3. The molecule has 0 bridgehead atoms. The zero-order valence-electron chi connectivity index (χ0n) is 20.6. The minimum atomic E-state index is -3.94. The molecule has 0 saturated heterocycles. The van der Waals surface area contributed by atoms with Crippen molar-refractivity contribution in [3.63, 3.8) is 0 Å². The minimum Gasteiger partial charge on any atom is -0.497 e. The van der Waals surface area contributed by atoms with Gasteiger partial charge in [0.15, 0.2) is 0 Å². The Morgan fingerprint density at radius 1 is 0.838 bits per heavy atom. The summed E-state index contributed by atoms with van der Waals surface area (Å²) in [7, 11) is -6.23. The highest BCUT2D eigenvalue weighted by Crippen LogP contribution is 2.24.